The quantitative estimate of drug-likeness (QED) is 0.314. The third-order valence-electron chi connectivity index (χ3n) is 5.77. The van der Waals surface area contributed by atoms with Crippen LogP contribution >= 0.6 is 11.6 Å². The van der Waals surface area contributed by atoms with Crippen molar-refractivity contribution in [2.24, 2.45) is 5.10 Å². The van der Waals surface area contributed by atoms with Gasteiger partial charge >= 0.3 is 12.4 Å². The maximum Gasteiger partial charge on any atom is 0.417 e. The van der Waals surface area contributed by atoms with Crippen LogP contribution in [0.25, 0.3) is 11.3 Å². The topological polar surface area (TPSA) is 69.0 Å². The van der Waals surface area contributed by atoms with Crippen LogP contribution in [0.3, 0.4) is 0 Å². The minimum absolute atomic E-state index is 0.0150. The van der Waals surface area contributed by atoms with Crippen LogP contribution in [0, 0.1) is 0 Å². The number of aliphatic hydroxyl groups excluding tert-OH is 1. The minimum atomic E-state index is -4.95. The van der Waals surface area contributed by atoms with E-state index in [9.17, 15) is 36.2 Å². The summed E-state index contributed by atoms with van der Waals surface area (Å²) in [6.45, 7) is -1.13. The Kier molecular flexibility index (Phi) is 7.65. The number of hydrazone groups is 1. The Morgan fingerprint density at radius 1 is 1.03 bits per heavy atom. The van der Waals surface area contributed by atoms with Crippen molar-refractivity contribution in [3.05, 3.63) is 88.6 Å². The Balaban J connectivity index is 1.69. The first-order valence-electron chi connectivity index (χ1n) is 11.1. The summed E-state index contributed by atoms with van der Waals surface area (Å²) in [5.74, 6) is -0.0150. The Labute approximate surface area is 217 Å². The van der Waals surface area contributed by atoms with E-state index < -0.39 is 36.7 Å². The van der Waals surface area contributed by atoms with Crippen LogP contribution in [0.4, 0.5) is 26.3 Å². The van der Waals surface area contributed by atoms with E-state index in [0.717, 1.165) is 11.0 Å². The van der Waals surface area contributed by atoms with E-state index in [2.05, 4.69) is 10.1 Å². The molecule has 1 aliphatic rings. The van der Waals surface area contributed by atoms with Gasteiger partial charge in [-0.1, -0.05) is 29.8 Å². The lowest BCUT2D eigenvalue weighted by Crippen LogP contribution is -2.49. The van der Waals surface area contributed by atoms with E-state index in [-0.39, 0.29) is 23.6 Å². The van der Waals surface area contributed by atoms with Crippen molar-refractivity contribution in [1.82, 2.24) is 14.9 Å². The molecular formula is C25H19ClF6N4O2. The van der Waals surface area contributed by atoms with Gasteiger partial charge in [0.25, 0.3) is 0 Å². The highest BCUT2D eigenvalue weighted by Crippen LogP contribution is 2.36. The molecule has 1 N–H and O–H groups in total. The number of hydrogen-bond donors (Lipinski definition) is 1. The predicted octanol–water partition coefficient (Wildman–Crippen LogP) is 5.35. The predicted molar refractivity (Wildman–Crippen MR) is 127 cm³/mol. The molecule has 3 aromatic rings. The summed E-state index contributed by atoms with van der Waals surface area (Å²) in [5, 5.41) is 15.6. The van der Waals surface area contributed by atoms with Crippen molar-refractivity contribution in [3.63, 3.8) is 0 Å². The maximum absolute atomic E-state index is 13.5. The molecule has 0 amide bonds. The van der Waals surface area contributed by atoms with Crippen molar-refractivity contribution >= 4 is 23.7 Å². The number of aldehydes is 1. The molecule has 0 bridgehead atoms. The molecule has 1 aromatic heterocycles. The number of carbonyl (C=O) groups excluding carboxylic acids is 1. The lowest BCUT2D eigenvalue weighted by atomic mass is 10.0. The molecule has 38 heavy (non-hydrogen) atoms. The minimum Gasteiger partial charge on any atom is -0.382 e. The molecule has 2 heterocycles. The number of benzene rings is 2. The summed E-state index contributed by atoms with van der Waals surface area (Å²) in [4.78, 5) is 17.1. The highest BCUT2D eigenvalue weighted by molar-refractivity contribution is 6.30. The van der Waals surface area contributed by atoms with Gasteiger partial charge in [-0.05, 0) is 48.0 Å². The zero-order valence-corrected chi connectivity index (χ0v) is 20.0. The lowest BCUT2D eigenvalue weighted by molar-refractivity contribution is -0.207. The van der Waals surface area contributed by atoms with E-state index in [4.69, 9.17) is 11.6 Å². The van der Waals surface area contributed by atoms with Gasteiger partial charge in [0.05, 0.1) is 24.3 Å². The van der Waals surface area contributed by atoms with E-state index in [1.54, 1.807) is 0 Å². The molecule has 0 saturated heterocycles. The maximum atomic E-state index is 13.5. The lowest BCUT2D eigenvalue weighted by Gasteiger charge is -2.30. The van der Waals surface area contributed by atoms with Crippen LogP contribution in [0.2, 0.25) is 5.02 Å². The summed E-state index contributed by atoms with van der Waals surface area (Å²) in [5.41, 5.74) is -0.283. The van der Waals surface area contributed by atoms with Crippen molar-refractivity contribution in [1.29, 1.82) is 0 Å². The summed E-state index contributed by atoms with van der Waals surface area (Å²) >= 11 is 5.91. The van der Waals surface area contributed by atoms with E-state index in [1.807, 2.05) is 0 Å². The Morgan fingerprint density at radius 2 is 1.71 bits per heavy atom. The molecule has 1 unspecified atom stereocenters. The number of aliphatic hydroxyl groups is 1. The molecule has 0 aliphatic carbocycles. The number of β-amino-alcohol motifs (C(OH)–C–C–N with tert-alkyl or cyclic N) is 1. The van der Waals surface area contributed by atoms with Crippen molar-refractivity contribution in [2.45, 2.75) is 31.2 Å². The van der Waals surface area contributed by atoms with Gasteiger partial charge in [-0.3, -0.25) is 14.8 Å². The number of aromatic nitrogens is 1. The second-order valence-electron chi connectivity index (χ2n) is 8.38. The average molecular weight is 557 g/mol. The third kappa shape index (κ3) is 5.91. The number of nitrogens with zero attached hydrogens (tertiary/aromatic N) is 4. The van der Waals surface area contributed by atoms with Gasteiger partial charge in [-0.25, -0.2) is 0 Å². The number of alkyl halides is 6. The Morgan fingerprint density at radius 3 is 2.34 bits per heavy atom. The van der Waals surface area contributed by atoms with Crippen LogP contribution in [0.1, 0.15) is 16.7 Å². The Bertz CT molecular complexity index is 1330. The van der Waals surface area contributed by atoms with Gasteiger partial charge in [-0.2, -0.15) is 31.4 Å². The van der Waals surface area contributed by atoms with Crippen LogP contribution < -0.4 is 0 Å². The normalized spacial score (nSPS) is 16.9. The molecule has 200 valence electrons. The zero-order chi connectivity index (χ0) is 27.7. The fourth-order valence-corrected chi connectivity index (χ4v) is 4.09. The first kappa shape index (κ1) is 27.4. The third-order valence-corrected chi connectivity index (χ3v) is 6.02. The number of rotatable bonds is 7. The van der Waals surface area contributed by atoms with Gasteiger partial charge in [0.15, 0.2) is 24.4 Å². The molecule has 2 aromatic carbocycles. The molecule has 0 fully saturated rings. The number of carbonyl (C=O) groups is 1. The van der Waals surface area contributed by atoms with Crippen LogP contribution in [0.15, 0.2) is 72.0 Å². The van der Waals surface area contributed by atoms with E-state index in [1.165, 1.54) is 65.8 Å². The number of hydrogen-bond acceptors (Lipinski definition) is 6. The highest BCUT2D eigenvalue weighted by Gasteiger charge is 2.44. The number of pyridine rings is 1. The van der Waals surface area contributed by atoms with E-state index in [0.29, 0.717) is 22.4 Å². The van der Waals surface area contributed by atoms with Crippen molar-refractivity contribution in [3.8, 4) is 11.3 Å². The van der Waals surface area contributed by atoms with Gasteiger partial charge in [0, 0.05) is 22.3 Å². The van der Waals surface area contributed by atoms with Gasteiger partial charge in [0.2, 0.25) is 0 Å². The van der Waals surface area contributed by atoms with Crippen LogP contribution in [0.5, 0.6) is 0 Å². The average Bonchev–Trinajstić information content (AvgIpc) is 3.20. The van der Waals surface area contributed by atoms with Crippen molar-refractivity contribution in [2.75, 3.05) is 6.54 Å². The van der Waals surface area contributed by atoms with Gasteiger partial charge in [-0.15, -0.1) is 0 Å². The largest absolute Gasteiger partial charge is 0.417 e. The van der Waals surface area contributed by atoms with Crippen LogP contribution in [-0.2, 0) is 17.5 Å². The molecule has 0 saturated carbocycles. The second kappa shape index (κ2) is 10.6. The van der Waals surface area contributed by atoms with Crippen LogP contribution in [-0.4, -0.2) is 57.1 Å². The SMILES string of the molecule is O=CC1N(Cc2ccnc(-c3ccccc3C(F)(F)F)c2)N=C(c2ccc(Cl)cc2)N1C[C@H](O)C(F)(F)F. The fraction of sp³-hybridized carbons (Fsp3) is 0.240. The summed E-state index contributed by atoms with van der Waals surface area (Å²) < 4.78 is 80.0. The van der Waals surface area contributed by atoms with E-state index >= 15 is 0 Å². The fourth-order valence-electron chi connectivity index (χ4n) is 3.96. The molecule has 0 radical (unpaired) electrons. The first-order chi connectivity index (χ1) is 17.9. The molecule has 4 rings (SSSR count). The molecule has 13 heteroatoms. The summed E-state index contributed by atoms with van der Waals surface area (Å²) in [6.07, 6.45) is -12.0. The monoisotopic (exact) mass is 556 g/mol. The van der Waals surface area contributed by atoms with Gasteiger partial charge in [0.1, 0.15) is 0 Å². The summed E-state index contributed by atoms with van der Waals surface area (Å²) in [6, 6.07) is 13.8. The zero-order valence-electron chi connectivity index (χ0n) is 19.3. The molecular weight excluding hydrogens is 538 g/mol. The van der Waals surface area contributed by atoms with Gasteiger partial charge < -0.3 is 10.0 Å². The van der Waals surface area contributed by atoms with Crippen molar-refractivity contribution < 1.29 is 36.2 Å². The number of halogens is 7. The molecule has 0 spiro atoms. The molecule has 1 aliphatic heterocycles. The second-order valence-corrected chi connectivity index (χ2v) is 8.82. The number of amidine groups is 1. The Hall–Kier alpha value is -3.64. The molecule has 2 atom stereocenters. The highest BCUT2D eigenvalue weighted by atomic mass is 35.5. The standard InChI is InChI=1S/C25H19ClF6N4O2/c26-17-7-5-16(6-8-17)23-34-36(22(14-37)35(23)13-21(38)25(30,31)32)12-15-9-10-33-20(11-15)18-3-1-2-4-19(18)24(27,28)29/h1-11,14,21-22,38H,12-13H2/t21-,22?/m0/s1. The first-order valence-corrected chi connectivity index (χ1v) is 11.5. The smallest absolute Gasteiger partial charge is 0.382 e. The summed E-state index contributed by atoms with van der Waals surface area (Å²) in [7, 11) is 0. The molecule has 6 nitrogen and oxygen atoms in total.